The van der Waals surface area contributed by atoms with Gasteiger partial charge in [0.2, 0.25) is 0 Å². The number of carbonyl (C=O) groups is 2. The van der Waals surface area contributed by atoms with Gasteiger partial charge in [0.1, 0.15) is 11.6 Å². The number of rotatable bonds is 1. The summed E-state index contributed by atoms with van der Waals surface area (Å²) in [6.07, 6.45) is 0.794. The molecule has 1 heterocycles. The average Bonchev–Trinajstić information content (AvgIpc) is 2.14. The normalized spacial score (nSPS) is 25.5. The third-order valence-corrected chi connectivity index (χ3v) is 2.73. The Morgan fingerprint density at radius 3 is 2.35 bits per heavy atom. The van der Waals surface area contributed by atoms with Gasteiger partial charge in [-0.25, -0.2) is 9.59 Å². The Labute approximate surface area is 102 Å². The SMILES string of the molecule is C[C@H]1CC[C@H](C(=O)O)N(C(=O)OC(C)(C)C)C1. The van der Waals surface area contributed by atoms with E-state index in [1.807, 2.05) is 6.92 Å². The molecule has 1 rings (SSSR count). The molecule has 0 bridgehead atoms. The molecule has 2 atom stereocenters. The maximum atomic E-state index is 11.9. The molecule has 0 aromatic carbocycles. The quantitative estimate of drug-likeness (QED) is 0.766. The number of carbonyl (C=O) groups excluding carboxylic acids is 1. The Morgan fingerprint density at radius 1 is 1.29 bits per heavy atom. The summed E-state index contributed by atoms with van der Waals surface area (Å²) in [5, 5.41) is 9.09. The summed E-state index contributed by atoms with van der Waals surface area (Å²) in [5.41, 5.74) is -0.596. The minimum Gasteiger partial charge on any atom is -0.480 e. The minimum atomic E-state index is -0.956. The van der Waals surface area contributed by atoms with Crippen molar-refractivity contribution in [1.29, 1.82) is 0 Å². The second-order valence-electron chi connectivity index (χ2n) is 5.67. The van der Waals surface area contributed by atoms with E-state index in [0.29, 0.717) is 18.9 Å². The third-order valence-electron chi connectivity index (χ3n) is 2.73. The predicted molar refractivity (Wildman–Crippen MR) is 62.8 cm³/mol. The molecule has 0 aliphatic carbocycles. The Hall–Kier alpha value is -1.26. The number of carboxylic acids is 1. The van der Waals surface area contributed by atoms with Crippen molar-refractivity contribution in [3.8, 4) is 0 Å². The molecule has 0 unspecified atom stereocenters. The molecular weight excluding hydrogens is 222 g/mol. The van der Waals surface area contributed by atoms with Crippen LogP contribution >= 0.6 is 0 Å². The van der Waals surface area contributed by atoms with E-state index in [4.69, 9.17) is 9.84 Å². The second-order valence-corrected chi connectivity index (χ2v) is 5.67. The van der Waals surface area contributed by atoms with Crippen LogP contribution < -0.4 is 0 Å². The molecule has 1 aliphatic rings. The molecule has 0 saturated carbocycles. The first-order valence-electron chi connectivity index (χ1n) is 5.93. The maximum absolute atomic E-state index is 11.9. The van der Waals surface area contributed by atoms with Gasteiger partial charge in [-0.1, -0.05) is 6.92 Å². The molecule has 1 amide bonds. The molecule has 0 aromatic rings. The number of carboxylic acid groups (broad SMARTS) is 1. The highest BCUT2D eigenvalue weighted by Crippen LogP contribution is 2.24. The van der Waals surface area contributed by atoms with Crippen LogP contribution in [-0.4, -0.2) is 40.3 Å². The van der Waals surface area contributed by atoms with Gasteiger partial charge in [-0.3, -0.25) is 4.90 Å². The summed E-state index contributed by atoms with van der Waals surface area (Å²) in [6.45, 7) is 7.78. The fourth-order valence-electron chi connectivity index (χ4n) is 1.93. The first kappa shape index (κ1) is 13.8. The van der Waals surface area contributed by atoms with E-state index in [1.54, 1.807) is 20.8 Å². The number of amides is 1. The van der Waals surface area contributed by atoms with Crippen LogP contribution in [0.15, 0.2) is 0 Å². The van der Waals surface area contributed by atoms with E-state index in [1.165, 1.54) is 4.90 Å². The summed E-state index contributed by atoms with van der Waals surface area (Å²) >= 11 is 0. The minimum absolute atomic E-state index is 0.318. The number of nitrogens with zero attached hydrogens (tertiary/aromatic N) is 1. The summed E-state index contributed by atoms with van der Waals surface area (Å²) in [4.78, 5) is 24.3. The zero-order chi connectivity index (χ0) is 13.2. The number of hydrogen-bond donors (Lipinski definition) is 1. The van der Waals surface area contributed by atoms with Gasteiger partial charge in [-0.2, -0.15) is 0 Å². The molecular formula is C12H21NO4. The fourth-order valence-corrected chi connectivity index (χ4v) is 1.93. The molecule has 5 nitrogen and oxygen atoms in total. The van der Waals surface area contributed by atoms with Gasteiger partial charge in [0.05, 0.1) is 0 Å². The zero-order valence-corrected chi connectivity index (χ0v) is 10.9. The molecule has 0 aromatic heterocycles. The Morgan fingerprint density at radius 2 is 1.88 bits per heavy atom. The summed E-state index contributed by atoms with van der Waals surface area (Å²) < 4.78 is 5.23. The van der Waals surface area contributed by atoms with Gasteiger partial charge in [0.15, 0.2) is 0 Å². The van der Waals surface area contributed by atoms with Gasteiger partial charge >= 0.3 is 12.1 Å². The van der Waals surface area contributed by atoms with Crippen molar-refractivity contribution in [2.45, 2.75) is 52.2 Å². The standard InChI is InChI=1S/C12H21NO4/c1-8-5-6-9(10(14)15)13(7-8)11(16)17-12(2,3)4/h8-9H,5-7H2,1-4H3,(H,14,15)/t8-,9+/m0/s1. The van der Waals surface area contributed by atoms with Crippen molar-refractivity contribution in [2.24, 2.45) is 5.92 Å². The summed E-state index contributed by atoms with van der Waals surface area (Å²) in [5.74, 6) is -0.638. The van der Waals surface area contributed by atoms with Crippen LogP contribution in [0.5, 0.6) is 0 Å². The highest BCUT2D eigenvalue weighted by atomic mass is 16.6. The summed E-state index contributed by atoms with van der Waals surface area (Å²) in [7, 11) is 0. The van der Waals surface area contributed by atoms with Gasteiger partial charge < -0.3 is 9.84 Å². The number of aliphatic carboxylic acids is 1. The summed E-state index contributed by atoms with van der Waals surface area (Å²) in [6, 6.07) is -0.749. The van der Waals surface area contributed by atoms with Crippen molar-refractivity contribution in [3.63, 3.8) is 0 Å². The maximum Gasteiger partial charge on any atom is 0.411 e. The van der Waals surface area contributed by atoms with Crippen LogP contribution in [0.4, 0.5) is 4.79 Å². The van der Waals surface area contributed by atoms with Crippen molar-refractivity contribution >= 4 is 12.1 Å². The van der Waals surface area contributed by atoms with Gasteiger partial charge in [0, 0.05) is 6.54 Å². The van der Waals surface area contributed by atoms with Crippen molar-refractivity contribution in [1.82, 2.24) is 4.90 Å². The lowest BCUT2D eigenvalue weighted by molar-refractivity contribution is -0.144. The van der Waals surface area contributed by atoms with Crippen LogP contribution in [-0.2, 0) is 9.53 Å². The molecule has 1 aliphatic heterocycles. The van der Waals surface area contributed by atoms with Gasteiger partial charge in [-0.05, 0) is 39.5 Å². The molecule has 1 N–H and O–H groups in total. The zero-order valence-electron chi connectivity index (χ0n) is 10.9. The molecule has 0 spiro atoms. The number of likely N-dealkylation sites (tertiary alicyclic amines) is 1. The van der Waals surface area contributed by atoms with Crippen LogP contribution in [0.1, 0.15) is 40.5 Å². The predicted octanol–water partition coefficient (Wildman–Crippen LogP) is 2.11. The van der Waals surface area contributed by atoms with Crippen molar-refractivity contribution in [3.05, 3.63) is 0 Å². The van der Waals surface area contributed by atoms with Gasteiger partial charge in [0.25, 0.3) is 0 Å². The lowest BCUT2D eigenvalue weighted by Crippen LogP contribution is -2.51. The van der Waals surface area contributed by atoms with E-state index in [-0.39, 0.29) is 0 Å². The molecule has 17 heavy (non-hydrogen) atoms. The smallest absolute Gasteiger partial charge is 0.411 e. The van der Waals surface area contributed by atoms with Crippen LogP contribution in [0.25, 0.3) is 0 Å². The Balaban J connectivity index is 2.75. The second kappa shape index (κ2) is 4.94. The fraction of sp³-hybridized carbons (Fsp3) is 0.833. The number of piperidine rings is 1. The monoisotopic (exact) mass is 243 g/mol. The highest BCUT2D eigenvalue weighted by Gasteiger charge is 2.36. The third kappa shape index (κ3) is 3.91. The Kier molecular flexibility index (Phi) is 4.01. The largest absolute Gasteiger partial charge is 0.480 e. The lowest BCUT2D eigenvalue weighted by Gasteiger charge is -2.37. The van der Waals surface area contributed by atoms with Crippen LogP contribution in [0.3, 0.4) is 0 Å². The first-order valence-corrected chi connectivity index (χ1v) is 5.93. The van der Waals surface area contributed by atoms with Crippen molar-refractivity contribution in [2.75, 3.05) is 6.54 Å². The first-order chi connectivity index (χ1) is 7.70. The molecule has 0 radical (unpaired) electrons. The molecule has 1 fully saturated rings. The Bertz CT molecular complexity index is 308. The van der Waals surface area contributed by atoms with Crippen LogP contribution in [0, 0.1) is 5.92 Å². The van der Waals surface area contributed by atoms with E-state index >= 15 is 0 Å². The number of ether oxygens (including phenoxy) is 1. The van der Waals surface area contributed by atoms with Crippen molar-refractivity contribution < 1.29 is 19.4 Å². The van der Waals surface area contributed by atoms with Crippen LogP contribution in [0.2, 0.25) is 0 Å². The number of hydrogen-bond acceptors (Lipinski definition) is 3. The van der Waals surface area contributed by atoms with Gasteiger partial charge in [-0.15, -0.1) is 0 Å². The topological polar surface area (TPSA) is 66.8 Å². The van der Waals surface area contributed by atoms with E-state index < -0.39 is 23.7 Å². The molecule has 1 saturated heterocycles. The highest BCUT2D eigenvalue weighted by molar-refractivity contribution is 5.80. The van der Waals surface area contributed by atoms with E-state index in [9.17, 15) is 9.59 Å². The molecule has 5 heteroatoms. The van der Waals surface area contributed by atoms with E-state index in [0.717, 1.165) is 6.42 Å². The lowest BCUT2D eigenvalue weighted by atomic mass is 9.94. The molecule has 98 valence electrons. The average molecular weight is 243 g/mol. The van der Waals surface area contributed by atoms with E-state index in [2.05, 4.69) is 0 Å².